The van der Waals surface area contributed by atoms with Crippen LogP contribution in [0.2, 0.25) is 0 Å². The van der Waals surface area contributed by atoms with Crippen molar-refractivity contribution < 1.29 is 4.74 Å². The summed E-state index contributed by atoms with van der Waals surface area (Å²) in [6.45, 7) is 0.678. The van der Waals surface area contributed by atoms with Crippen molar-refractivity contribution in [1.29, 1.82) is 0 Å². The van der Waals surface area contributed by atoms with Crippen molar-refractivity contribution in [3.8, 4) is 5.75 Å². The number of pyridine rings is 1. The normalized spacial score (nSPS) is 22.8. The molecule has 0 aliphatic carbocycles. The van der Waals surface area contributed by atoms with E-state index in [0.717, 1.165) is 29.5 Å². The Kier molecular flexibility index (Phi) is 3.59. The van der Waals surface area contributed by atoms with Crippen LogP contribution in [0.25, 0.3) is 10.9 Å². The molecule has 2 heterocycles. The van der Waals surface area contributed by atoms with Crippen LogP contribution in [0.4, 0.5) is 0 Å². The molecular weight excluding hydrogens is 240 g/mol. The second-order valence-electron chi connectivity index (χ2n) is 4.82. The fourth-order valence-corrected chi connectivity index (χ4v) is 2.30. The van der Waals surface area contributed by atoms with Crippen LogP contribution in [0.15, 0.2) is 36.5 Å². The molecule has 100 valence electrons. The smallest absolute Gasteiger partial charge is 0.120 e. The molecule has 0 amide bonds. The van der Waals surface area contributed by atoms with Crippen LogP contribution in [0, 0.1) is 0 Å². The summed E-state index contributed by atoms with van der Waals surface area (Å²) in [5.74, 6) is 0.885. The average molecular weight is 258 g/mol. The Balaban J connectivity index is 1.56. The number of aromatic nitrogens is 1. The van der Waals surface area contributed by atoms with Gasteiger partial charge < -0.3 is 10.5 Å². The molecule has 5 nitrogen and oxygen atoms in total. The van der Waals surface area contributed by atoms with E-state index in [9.17, 15) is 0 Å². The van der Waals surface area contributed by atoms with Crippen molar-refractivity contribution in [1.82, 2.24) is 15.8 Å². The Morgan fingerprint density at radius 1 is 1.32 bits per heavy atom. The number of rotatable bonds is 4. The van der Waals surface area contributed by atoms with E-state index in [4.69, 9.17) is 10.5 Å². The number of ether oxygens (including phenoxy) is 1. The lowest BCUT2D eigenvalue weighted by Crippen LogP contribution is -2.37. The maximum Gasteiger partial charge on any atom is 0.120 e. The number of hydrazine groups is 1. The molecule has 1 aromatic heterocycles. The molecule has 5 heteroatoms. The molecule has 0 radical (unpaired) electrons. The second-order valence-corrected chi connectivity index (χ2v) is 4.82. The number of nitrogens with one attached hydrogen (secondary N) is 2. The molecule has 2 atom stereocenters. The van der Waals surface area contributed by atoms with Crippen molar-refractivity contribution in [2.24, 2.45) is 5.73 Å². The summed E-state index contributed by atoms with van der Waals surface area (Å²) in [5, 5.41) is 1.10. The molecule has 1 aliphatic rings. The predicted molar refractivity (Wildman–Crippen MR) is 74.5 cm³/mol. The summed E-state index contributed by atoms with van der Waals surface area (Å²) in [6, 6.07) is 10.3. The Hall–Kier alpha value is -1.69. The van der Waals surface area contributed by atoms with Gasteiger partial charge in [-0.2, -0.15) is 0 Å². The summed E-state index contributed by atoms with van der Waals surface area (Å²) in [4.78, 5) is 4.29. The Morgan fingerprint density at radius 3 is 3.11 bits per heavy atom. The number of hydrogen-bond donors (Lipinski definition) is 3. The molecule has 1 saturated heterocycles. The number of benzene rings is 1. The molecule has 0 saturated carbocycles. The van der Waals surface area contributed by atoms with Crippen molar-refractivity contribution in [2.75, 3.05) is 6.61 Å². The third kappa shape index (κ3) is 3.01. The van der Waals surface area contributed by atoms with Gasteiger partial charge in [0.1, 0.15) is 5.75 Å². The first-order chi connectivity index (χ1) is 9.31. The highest BCUT2D eigenvalue weighted by Gasteiger charge is 2.19. The highest BCUT2D eigenvalue weighted by Crippen LogP contribution is 2.19. The van der Waals surface area contributed by atoms with Gasteiger partial charge in [0.05, 0.1) is 18.3 Å². The fraction of sp³-hybridized carbons (Fsp3) is 0.357. The van der Waals surface area contributed by atoms with Gasteiger partial charge >= 0.3 is 0 Å². The maximum atomic E-state index is 5.77. The van der Waals surface area contributed by atoms with Gasteiger partial charge in [0.15, 0.2) is 0 Å². The van der Waals surface area contributed by atoms with Crippen molar-refractivity contribution in [3.05, 3.63) is 36.5 Å². The largest absolute Gasteiger partial charge is 0.494 e. The number of hydrogen-bond acceptors (Lipinski definition) is 5. The number of nitrogens with zero attached hydrogens (tertiary/aromatic N) is 1. The standard InChI is InChI=1S/C14H18N4O/c15-14-9-11(17-18-14)5-7-19-12-3-4-13-10(8-12)2-1-6-16-13/h1-4,6,8,11,14,17-18H,5,7,9,15H2. The quantitative estimate of drug-likeness (QED) is 0.767. The van der Waals surface area contributed by atoms with Crippen LogP contribution in [-0.2, 0) is 0 Å². The highest BCUT2D eigenvalue weighted by atomic mass is 16.5. The lowest BCUT2D eigenvalue weighted by Gasteiger charge is -2.11. The van der Waals surface area contributed by atoms with E-state index in [2.05, 4.69) is 15.8 Å². The van der Waals surface area contributed by atoms with E-state index in [1.165, 1.54) is 0 Å². The van der Waals surface area contributed by atoms with E-state index in [1.54, 1.807) is 6.20 Å². The average Bonchev–Trinajstić information content (AvgIpc) is 2.84. The van der Waals surface area contributed by atoms with E-state index in [1.807, 2.05) is 30.3 Å². The van der Waals surface area contributed by atoms with Gasteiger partial charge in [-0.15, -0.1) is 0 Å². The Bertz CT molecular complexity index is 560. The Morgan fingerprint density at radius 2 is 2.26 bits per heavy atom. The van der Waals surface area contributed by atoms with E-state index >= 15 is 0 Å². The molecule has 1 fully saturated rings. The van der Waals surface area contributed by atoms with Crippen LogP contribution in [0.3, 0.4) is 0 Å². The summed E-state index contributed by atoms with van der Waals surface area (Å²) in [6.07, 6.45) is 3.72. The van der Waals surface area contributed by atoms with Crippen molar-refractivity contribution in [3.63, 3.8) is 0 Å². The summed E-state index contributed by atoms with van der Waals surface area (Å²) >= 11 is 0. The summed E-state index contributed by atoms with van der Waals surface area (Å²) in [5.41, 5.74) is 12.9. The zero-order chi connectivity index (χ0) is 13.1. The van der Waals surface area contributed by atoms with E-state index in [0.29, 0.717) is 12.6 Å². The van der Waals surface area contributed by atoms with Crippen LogP contribution in [0.5, 0.6) is 5.75 Å². The van der Waals surface area contributed by atoms with Gasteiger partial charge in [-0.05, 0) is 37.1 Å². The molecule has 3 rings (SSSR count). The van der Waals surface area contributed by atoms with Crippen LogP contribution < -0.4 is 21.3 Å². The van der Waals surface area contributed by atoms with Gasteiger partial charge in [-0.1, -0.05) is 6.07 Å². The molecule has 1 aromatic carbocycles. The predicted octanol–water partition coefficient (Wildman–Crippen LogP) is 1.15. The minimum absolute atomic E-state index is 0.0525. The lowest BCUT2D eigenvalue weighted by molar-refractivity contribution is 0.290. The van der Waals surface area contributed by atoms with Crippen LogP contribution in [-0.4, -0.2) is 23.8 Å². The molecule has 0 spiro atoms. The zero-order valence-electron chi connectivity index (χ0n) is 10.7. The first kappa shape index (κ1) is 12.3. The third-order valence-electron chi connectivity index (χ3n) is 3.32. The summed E-state index contributed by atoms with van der Waals surface area (Å²) < 4.78 is 5.77. The topological polar surface area (TPSA) is 72.2 Å². The molecule has 19 heavy (non-hydrogen) atoms. The minimum atomic E-state index is 0.0525. The van der Waals surface area contributed by atoms with Crippen molar-refractivity contribution >= 4 is 10.9 Å². The number of fused-ring (bicyclic) bond motifs is 1. The van der Waals surface area contributed by atoms with E-state index in [-0.39, 0.29) is 6.17 Å². The maximum absolute atomic E-state index is 5.77. The van der Waals surface area contributed by atoms with Crippen molar-refractivity contribution in [2.45, 2.75) is 25.0 Å². The van der Waals surface area contributed by atoms with Crippen LogP contribution in [0.1, 0.15) is 12.8 Å². The third-order valence-corrected chi connectivity index (χ3v) is 3.32. The SMILES string of the molecule is NC1CC(CCOc2ccc3ncccc3c2)NN1. The molecule has 1 aliphatic heterocycles. The molecule has 0 bridgehead atoms. The fourth-order valence-electron chi connectivity index (χ4n) is 2.30. The minimum Gasteiger partial charge on any atom is -0.494 e. The number of nitrogens with two attached hydrogens (primary N) is 1. The first-order valence-corrected chi connectivity index (χ1v) is 6.55. The van der Waals surface area contributed by atoms with E-state index < -0.39 is 0 Å². The van der Waals surface area contributed by atoms with Crippen LogP contribution >= 0.6 is 0 Å². The molecular formula is C14H18N4O. The first-order valence-electron chi connectivity index (χ1n) is 6.55. The van der Waals surface area contributed by atoms with Gasteiger partial charge in [-0.3, -0.25) is 10.4 Å². The van der Waals surface area contributed by atoms with Gasteiger partial charge in [0.25, 0.3) is 0 Å². The van der Waals surface area contributed by atoms with Gasteiger partial charge in [0, 0.05) is 17.6 Å². The summed E-state index contributed by atoms with van der Waals surface area (Å²) in [7, 11) is 0. The highest BCUT2D eigenvalue weighted by molar-refractivity contribution is 5.79. The van der Waals surface area contributed by atoms with Gasteiger partial charge in [-0.25, -0.2) is 5.43 Å². The Labute approximate surface area is 112 Å². The zero-order valence-corrected chi connectivity index (χ0v) is 10.7. The van der Waals surface area contributed by atoms with Gasteiger partial charge in [0.2, 0.25) is 0 Å². The second kappa shape index (κ2) is 5.52. The molecule has 4 N–H and O–H groups in total. The molecule has 2 unspecified atom stereocenters. The molecule has 2 aromatic rings. The lowest BCUT2D eigenvalue weighted by atomic mass is 10.1. The monoisotopic (exact) mass is 258 g/mol.